The number of nitrogens with zero attached hydrogens (tertiary/aromatic N) is 1. The monoisotopic (exact) mass is 329 g/mol. The average molecular weight is 330 g/mol. The summed E-state index contributed by atoms with van der Waals surface area (Å²) in [6.07, 6.45) is 5.65. The number of hydrogen-bond acceptors (Lipinski definition) is 3. The highest BCUT2D eigenvalue weighted by Gasteiger charge is 2.29. The summed E-state index contributed by atoms with van der Waals surface area (Å²) in [5.74, 6) is 1.65. The second kappa shape index (κ2) is 7.20. The molecule has 6 heteroatoms. The zero-order chi connectivity index (χ0) is 16.2. The highest BCUT2D eigenvalue weighted by molar-refractivity contribution is 7.91. The molecule has 0 aromatic carbocycles. The van der Waals surface area contributed by atoms with E-state index in [2.05, 4.69) is 36.4 Å². The van der Waals surface area contributed by atoms with Gasteiger partial charge in [0.15, 0.2) is 15.8 Å². The maximum Gasteiger partial charge on any atom is 0.191 e. The van der Waals surface area contributed by atoms with Crippen LogP contribution in [0.5, 0.6) is 0 Å². The highest BCUT2D eigenvalue weighted by Crippen LogP contribution is 2.35. The maximum atomic E-state index is 11.5. The predicted octanol–water partition coefficient (Wildman–Crippen LogP) is 1.94. The molecule has 1 saturated carbocycles. The van der Waals surface area contributed by atoms with Gasteiger partial charge in [-0.15, -0.1) is 0 Å². The largest absolute Gasteiger partial charge is 0.357 e. The van der Waals surface area contributed by atoms with Gasteiger partial charge < -0.3 is 10.6 Å². The Kier molecular flexibility index (Phi) is 5.75. The molecule has 22 heavy (non-hydrogen) atoms. The van der Waals surface area contributed by atoms with E-state index in [0.29, 0.717) is 29.5 Å². The fourth-order valence-corrected chi connectivity index (χ4v) is 5.42. The lowest BCUT2D eigenvalue weighted by atomic mass is 9.75. The molecular formula is C16H31N3O2S. The van der Waals surface area contributed by atoms with Crippen molar-refractivity contribution < 1.29 is 8.42 Å². The van der Waals surface area contributed by atoms with Crippen LogP contribution < -0.4 is 10.6 Å². The number of sulfone groups is 1. The standard InChI is InChI=1S/C16H31N3O2S/c1-4-17-15(18-11-13-7-9-22(20,21)12-13)19-14-6-5-8-16(2,3)10-14/h13-14H,4-12H2,1-3H3,(H2,17,18,19). The van der Waals surface area contributed by atoms with Gasteiger partial charge in [0, 0.05) is 19.1 Å². The molecule has 0 bridgehead atoms. The second-order valence-electron chi connectivity index (χ2n) is 7.59. The van der Waals surface area contributed by atoms with E-state index in [-0.39, 0.29) is 5.92 Å². The zero-order valence-corrected chi connectivity index (χ0v) is 15.0. The molecule has 1 aliphatic carbocycles. The SMILES string of the molecule is CCNC(=NCC1CCS(=O)(=O)C1)NC1CCCC(C)(C)C1. The third-order valence-corrected chi connectivity index (χ3v) is 6.56. The van der Waals surface area contributed by atoms with Crippen LogP contribution in [0.4, 0.5) is 0 Å². The number of hydrogen-bond donors (Lipinski definition) is 2. The zero-order valence-electron chi connectivity index (χ0n) is 14.2. The van der Waals surface area contributed by atoms with Crippen molar-refractivity contribution in [2.75, 3.05) is 24.6 Å². The Hall–Kier alpha value is -0.780. The molecule has 1 saturated heterocycles. The van der Waals surface area contributed by atoms with Gasteiger partial charge in [0.2, 0.25) is 0 Å². The van der Waals surface area contributed by atoms with Gasteiger partial charge in [-0.25, -0.2) is 8.42 Å². The number of nitrogens with one attached hydrogen (secondary N) is 2. The minimum Gasteiger partial charge on any atom is -0.357 e. The molecule has 0 radical (unpaired) electrons. The van der Waals surface area contributed by atoms with Crippen LogP contribution in [0.1, 0.15) is 52.9 Å². The Balaban J connectivity index is 1.90. The molecule has 2 atom stereocenters. The average Bonchev–Trinajstić information content (AvgIpc) is 2.75. The van der Waals surface area contributed by atoms with E-state index in [1.165, 1.54) is 19.3 Å². The first-order valence-electron chi connectivity index (χ1n) is 8.55. The first-order chi connectivity index (χ1) is 10.3. The third kappa shape index (κ3) is 5.45. The summed E-state index contributed by atoms with van der Waals surface area (Å²) in [7, 11) is -2.81. The van der Waals surface area contributed by atoms with Crippen LogP contribution in [0, 0.1) is 11.3 Å². The fourth-order valence-electron chi connectivity index (χ4n) is 3.57. The molecule has 0 amide bonds. The molecule has 1 aliphatic heterocycles. The smallest absolute Gasteiger partial charge is 0.191 e. The Morgan fingerprint density at radius 2 is 2.09 bits per heavy atom. The van der Waals surface area contributed by atoms with Gasteiger partial charge in [0.25, 0.3) is 0 Å². The van der Waals surface area contributed by atoms with E-state index < -0.39 is 9.84 Å². The van der Waals surface area contributed by atoms with E-state index in [4.69, 9.17) is 0 Å². The van der Waals surface area contributed by atoms with E-state index in [0.717, 1.165) is 25.3 Å². The summed E-state index contributed by atoms with van der Waals surface area (Å²) >= 11 is 0. The van der Waals surface area contributed by atoms with Gasteiger partial charge in [0.1, 0.15) is 0 Å². The molecule has 2 aliphatic rings. The summed E-state index contributed by atoms with van der Waals surface area (Å²) in [4.78, 5) is 4.63. The highest BCUT2D eigenvalue weighted by atomic mass is 32.2. The van der Waals surface area contributed by atoms with Crippen molar-refractivity contribution in [1.82, 2.24) is 10.6 Å². The Morgan fingerprint density at radius 3 is 2.68 bits per heavy atom. The maximum absolute atomic E-state index is 11.5. The van der Waals surface area contributed by atoms with Crippen LogP contribution in [-0.2, 0) is 9.84 Å². The fraction of sp³-hybridized carbons (Fsp3) is 0.938. The van der Waals surface area contributed by atoms with Crippen molar-refractivity contribution in [3.63, 3.8) is 0 Å². The molecule has 1 heterocycles. The van der Waals surface area contributed by atoms with E-state index in [9.17, 15) is 8.42 Å². The van der Waals surface area contributed by atoms with Crippen molar-refractivity contribution in [2.45, 2.75) is 58.9 Å². The lowest BCUT2D eigenvalue weighted by Crippen LogP contribution is -2.46. The molecule has 2 N–H and O–H groups in total. The summed E-state index contributed by atoms with van der Waals surface area (Å²) in [5.41, 5.74) is 0.396. The summed E-state index contributed by atoms with van der Waals surface area (Å²) in [6.45, 7) is 8.14. The van der Waals surface area contributed by atoms with E-state index >= 15 is 0 Å². The predicted molar refractivity (Wildman–Crippen MR) is 91.9 cm³/mol. The quantitative estimate of drug-likeness (QED) is 0.611. The molecule has 128 valence electrons. The minimum absolute atomic E-state index is 0.184. The minimum atomic E-state index is -2.81. The first-order valence-corrected chi connectivity index (χ1v) is 10.4. The van der Waals surface area contributed by atoms with Gasteiger partial charge in [-0.2, -0.15) is 0 Å². The van der Waals surface area contributed by atoms with Crippen molar-refractivity contribution in [3.8, 4) is 0 Å². The van der Waals surface area contributed by atoms with Crippen LogP contribution in [0.15, 0.2) is 4.99 Å². The molecule has 0 aromatic heterocycles. The van der Waals surface area contributed by atoms with Gasteiger partial charge in [0.05, 0.1) is 11.5 Å². The summed E-state index contributed by atoms with van der Waals surface area (Å²) in [5, 5.41) is 6.84. The lowest BCUT2D eigenvalue weighted by molar-refractivity contribution is 0.210. The molecule has 5 nitrogen and oxygen atoms in total. The van der Waals surface area contributed by atoms with Crippen LogP contribution in [0.2, 0.25) is 0 Å². The van der Waals surface area contributed by atoms with Crippen molar-refractivity contribution in [2.24, 2.45) is 16.3 Å². The van der Waals surface area contributed by atoms with Crippen LogP contribution in [0.25, 0.3) is 0 Å². The van der Waals surface area contributed by atoms with Gasteiger partial charge in [-0.1, -0.05) is 20.3 Å². The Labute approximate surface area is 135 Å². The third-order valence-electron chi connectivity index (χ3n) is 4.72. The van der Waals surface area contributed by atoms with Crippen LogP contribution in [0.3, 0.4) is 0 Å². The van der Waals surface area contributed by atoms with Gasteiger partial charge >= 0.3 is 0 Å². The van der Waals surface area contributed by atoms with E-state index in [1.807, 2.05) is 0 Å². The van der Waals surface area contributed by atoms with Gasteiger partial charge in [-0.3, -0.25) is 4.99 Å². The lowest BCUT2D eigenvalue weighted by Gasteiger charge is -2.36. The number of aliphatic imine (C=N–C) groups is 1. The van der Waals surface area contributed by atoms with Crippen molar-refractivity contribution >= 4 is 15.8 Å². The molecule has 0 spiro atoms. The van der Waals surface area contributed by atoms with Crippen molar-refractivity contribution in [3.05, 3.63) is 0 Å². The molecule has 2 fully saturated rings. The second-order valence-corrected chi connectivity index (χ2v) is 9.82. The van der Waals surface area contributed by atoms with Crippen LogP contribution in [-0.4, -0.2) is 45.0 Å². The summed E-state index contributed by atoms with van der Waals surface area (Å²) < 4.78 is 23.0. The summed E-state index contributed by atoms with van der Waals surface area (Å²) in [6, 6.07) is 0.467. The normalized spacial score (nSPS) is 31.0. The topological polar surface area (TPSA) is 70.6 Å². The first kappa shape index (κ1) is 17.6. The molecular weight excluding hydrogens is 298 g/mol. The van der Waals surface area contributed by atoms with Crippen molar-refractivity contribution in [1.29, 1.82) is 0 Å². The van der Waals surface area contributed by atoms with Crippen LogP contribution >= 0.6 is 0 Å². The number of guanidine groups is 1. The molecule has 2 unspecified atom stereocenters. The number of rotatable bonds is 4. The molecule has 0 aromatic rings. The van der Waals surface area contributed by atoms with Gasteiger partial charge in [-0.05, 0) is 43.9 Å². The Bertz CT molecular complexity index is 500. The molecule has 2 rings (SSSR count). The Morgan fingerprint density at radius 1 is 1.32 bits per heavy atom. The van der Waals surface area contributed by atoms with E-state index in [1.54, 1.807) is 0 Å².